The molecule has 28 heavy (non-hydrogen) atoms. The zero-order chi connectivity index (χ0) is 19.8. The average Bonchev–Trinajstić information content (AvgIpc) is 3.21. The van der Waals surface area contributed by atoms with E-state index in [0.717, 1.165) is 5.75 Å². The maximum absolute atomic E-state index is 12.2. The Balaban J connectivity index is 1.60. The Morgan fingerprint density at radius 1 is 1.14 bits per heavy atom. The van der Waals surface area contributed by atoms with Gasteiger partial charge in [-0.2, -0.15) is 5.10 Å². The van der Waals surface area contributed by atoms with Crippen molar-refractivity contribution in [3.05, 3.63) is 66.2 Å². The van der Waals surface area contributed by atoms with Gasteiger partial charge in [-0.3, -0.25) is 5.32 Å². The number of benzene rings is 2. The van der Waals surface area contributed by atoms with Crippen LogP contribution >= 0.6 is 11.6 Å². The molecule has 3 rings (SSSR count). The summed E-state index contributed by atoms with van der Waals surface area (Å²) in [4.78, 5) is 16.1. The van der Waals surface area contributed by atoms with Crippen LogP contribution in [0.1, 0.15) is 0 Å². The highest BCUT2D eigenvalue weighted by atomic mass is 35.5. The summed E-state index contributed by atoms with van der Waals surface area (Å²) in [5, 5.41) is 7.28. The third kappa shape index (κ3) is 5.88. The Kier molecular flexibility index (Phi) is 6.69. The number of halogens is 1. The molecule has 0 radical (unpaired) electrons. The van der Waals surface area contributed by atoms with Crippen molar-refractivity contribution in [3.63, 3.8) is 0 Å². The van der Waals surface area contributed by atoms with Gasteiger partial charge in [0.25, 0.3) is 0 Å². The summed E-state index contributed by atoms with van der Waals surface area (Å²) in [6, 6.07) is 13.9. The van der Waals surface area contributed by atoms with Crippen molar-refractivity contribution < 1.29 is 19.0 Å². The minimum Gasteiger partial charge on any atom is -0.497 e. The molecule has 0 saturated heterocycles. The van der Waals surface area contributed by atoms with E-state index >= 15 is 0 Å². The van der Waals surface area contributed by atoms with Gasteiger partial charge in [0.05, 0.1) is 13.7 Å². The van der Waals surface area contributed by atoms with Gasteiger partial charge in [-0.25, -0.2) is 14.5 Å². The Morgan fingerprint density at radius 3 is 2.50 bits per heavy atom. The van der Waals surface area contributed by atoms with Gasteiger partial charge in [-0.1, -0.05) is 11.6 Å². The number of hydrogen-bond acceptors (Lipinski definition) is 6. The Morgan fingerprint density at radius 2 is 1.86 bits per heavy atom. The molecule has 0 fully saturated rings. The number of amides is 1. The molecular weight excluding hydrogens is 384 g/mol. The monoisotopic (exact) mass is 402 g/mol. The van der Waals surface area contributed by atoms with Crippen molar-refractivity contribution in [1.82, 2.24) is 14.8 Å². The molecule has 0 spiro atoms. The molecule has 0 saturated carbocycles. The van der Waals surface area contributed by atoms with E-state index in [-0.39, 0.29) is 6.61 Å². The number of rotatable bonds is 8. The van der Waals surface area contributed by atoms with Crippen molar-refractivity contribution >= 4 is 23.4 Å². The zero-order valence-corrected chi connectivity index (χ0v) is 15.9. The summed E-state index contributed by atoms with van der Waals surface area (Å²) in [6.07, 6.45) is 1.76. The molecule has 0 aliphatic rings. The number of methoxy groups -OCH3 is 1. The lowest BCUT2D eigenvalue weighted by molar-refractivity contribution is 0.0618. The largest absolute Gasteiger partial charge is 0.497 e. The van der Waals surface area contributed by atoms with E-state index in [2.05, 4.69) is 15.4 Å². The van der Waals surface area contributed by atoms with E-state index < -0.39 is 12.2 Å². The van der Waals surface area contributed by atoms with Gasteiger partial charge >= 0.3 is 6.09 Å². The van der Waals surface area contributed by atoms with Crippen LogP contribution in [-0.2, 0) is 11.3 Å². The van der Waals surface area contributed by atoms with Crippen molar-refractivity contribution in [2.75, 3.05) is 19.0 Å². The van der Waals surface area contributed by atoms with Crippen LogP contribution in [0, 0.1) is 0 Å². The van der Waals surface area contributed by atoms with Gasteiger partial charge in [0, 0.05) is 10.7 Å². The lowest BCUT2D eigenvalue weighted by Crippen LogP contribution is -2.31. The van der Waals surface area contributed by atoms with Crippen LogP contribution < -0.4 is 14.8 Å². The third-order valence-electron chi connectivity index (χ3n) is 3.72. The first-order valence-electron chi connectivity index (χ1n) is 8.45. The molecule has 1 atom stereocenters. The van der Waals surface area contributed by atoms with Crippen LogP contribution in [0.25, 0.3) is 0 Å². The molecule has 146 valence electrons. The van der Waals surface area contributed by atoms with Gasteiger partial charge in [-0.15, -0.1) is 0 Å². The number of aromatic nitrogens is 3. The molecule has 8 nitrogen and oxygen atoms in total. The molecule has 1 amide bonds. The molecule has 3 aromatic rings. The number of anilines is 1. The number of carbonyl (C=O) groups excluding carboxylic acids is 1. The minimum absolute atomic E-state index is 0.139. The van der Waals surface area contributed by atoms with E-state index in [1.54, 1.807) is 66.6 Å². The highest BCUT2D eigenvalue weighted by Gasteiger charge is 2.17. The summed E-state index contributed by atoms with van der Waals surface area (Å²) in [7, 11) is 1.59. The molecule has 1 N–H and O–H groups in total. The molecule has 1 unspecified atom stereocenters. The topological polar surface area (TPSA) is 87.5 Å². The van der Waals surface area contributed by atoms with Crippen LogP contribution in [0.5, 0.6) is 11.5 Å². The van der Waals surface area contributed by atoms with Crippen molar-refractivity contribution in [1.29, 1.82) is 0 Å². The van der Waals surface area contributed by atoms with Crippen molar-refractivity contribution in [2.45, 2.75) is 12.6 Å². The minimum atomic E-state index is -0.606. The van der Waals surface area contributed by atoms with Gasteiger partial charge in [0.15, 0.2) is 6.10 Å². The van der Waals surface area contributed by atoms with E-state index in [1.807, 2.05) is 0 Å². The van der Waals surface area contributed by atoms with Crippen LogP contribution in [-0.4, -0.2) is 40.7 Å². The van der Waals surface area contributed by atoms with Crippen LogP contribution in [0.2, 0.25) is 5.02 Å². The normalized spacial score (nSPS) is 11.5. The zero-order valence-electron chi connectivity index (χ0n) is 15.1. The van der Waals surface area contributed by atoms with E-state index in [4.69, 9.17) is 25.8 Å². The summed E-state index contributed by atoms with van der Waals surface area (Å²) < 4.78 is 17.9. The number of carbonyl (C=O) groups is 1. The highest BCUT2D eigenvalue weighted by molar-refractivity contribution is 6.30. The van der Waals surface area contributed by atoms with Gasteiger partial charge in [0.2, 0.25) is 0 Å². The van der Waals surface area contributed by atoms with Crippen LogP contribution in [0.3, 0.4) is 0 Å². The standard InChI is InChI=1S/C19H19ClN4O4/c1-26-16-6-8-17(9-7-16)27-11-18(10-24-13-21-12-22-24)28-19(25)23-15-4-2-14(20)3-5-15/h2-9,12-13,18H,10-11H2,1H3,(H,23,25). The number of hydrogen-bond donors (Lipinski definition) is 1. The summed E-state index contributed by atoms with van der Waals surface area (Å²) in [6.45, 7) is 0.435. The number of nitrogens with one attached hydrogen (secondary N) is 1. The quantitative estimate of drug-likeness (QED) is 0.619. The van der Waals surface area contributed by atoms with Crippen molar-refractivity contribution in [3.8, 4) is 11.5 Å². The van der Waals surface area contributed by atoms with Crippen LogP contribution in [0.4, 0.5) is 10.5 Å². The molecule has 1 heterocycles. The molecule has 0 bridgehead atoms. The molecule has 9 heteroatoms. The summed E-state index contributed by atoms with van der Waals surface area (Å²) >= 11 is 5.85. The maximum Gasteiger partial charge on any atom is 0.412 e. The predicted octanol–water partition coefficient (Wildman–Crippen LogP) is 3.64. The molecule has 0 aliphatic heterocycles. The first kappa shape index (κ1) is 19.5. The Bertz CT molecular complexity index is 870. The van der Waals surface area contributed by atoms with Gasteiger partial charge in [0.1, 0.15) is 30.8 Å². The summed E-state index contributed by atoms with van der Waals surface area (Å²) in [5.41, 5.74) is 0.574. The molecule has 0 aliphatic carbocycles. The fourth-order valence-corrected chi connectivity index (χ4v) is 2.48. The van der Waals surface area contributed by atoms with Gasteiger partial charge in [-0.05, 0) is 48.5 Å². The van der Waals surface area contributed by atoms with Crippen molar-refractivity contribution in [2.24, 2.45) is 0 Å². The second-order valence-corrected chi connectivity index (χ2v) is 6.20. The Labute approximate surface area is 167 Å². The fourth-order valence-electron chi connectivity index (χ4n) is 2.35. The smallest absolute Gasteiger partial charge is 0.412 e. The fraction of sp³-hybridized carbons (Fsp3) is 0.211. The lowest BCUT2D eigenvalue weighted by Gasteiger charge is -2.19. The van der Waals surface area contributed by atoms with E-state index in [0.29, 0.717) is 23.0 Å². The molecule has 1 aromatic heterocycles. The average molecular weight is 403 g/mol. The SMILES string of the molecule is COc1ccc(OCC(Cn2cncn2)OC(=O)Nc2ccc(Cl)cc2)cc1. The second kappa shape index (κ2) is 9.61. The predicted molar refractivity (Wildman–Crippen MR) is 104 cm³/mol. The molecule has 2 aromatic carbocycles. The number of ether oxygens (including phenoxy) is 3. The Hall–Kier alpha value is -3.26. The molecular formula is C19H19ClN4O4. The van der Waals surface area contributed by atoms with E-state index in [9.17, 15) is 4.79 Å². The first-order chi connectivity index (χ1) is 13.6. The first-order valence-corrected chi connectivity index (χ1v) is 8.82. The highest BCUT2D eigenvalue weighted by Crippen LogP contribution is 2.18. The summed E-state index contributed by atoms with van der Waals surface area (Å²) in [5.74, 6) is 1.36. The number of nitrogens with zero attached hydrogens (tertiary/aromatic N) is 3. The lowest BCUT2D eigenvalue weighted by atomic mass is 10.3. The van der Waals surface area contributed by atoms with Crippen LogP contribution in [0.15, 0.2) is 61.2 Å². The van der Waals surface area contributed by atoms with E-state index in [1.165, 1.54) is 6.33 Å². The van der Waals surface area contributed by atoms with Gasteiger partial charge < -0.3 is 14.2 Å². The second-order valence-electron chi connectivity index (χ2n) is 5.76. The third-order valence-corrected chi connectivity index (χ3v) is 3.97. The maximum atomic E-state index is 12.2.